The molecule has 1 aliphatic heterocycles. The number of ether oxygens (including phenoxy) is 2. The highest BCUT2D eigenvalue weighted by atomic mass is 16.5. The largest absolute Gasteiger partial charge is 0.452 e. The summed E-state index contributed by atoms with van der Waals surface area (Å²) in [5, 5.41) is 0. The second-order valence-corrected chi connectivity index (χ2v) is 1.91. The van der Waals surface area contributed by atoms with E-state index in [1.807, 2.05) is 0 Å². The minimum atomic E-state index is -0.489. The Hall–Kier alpha value is -1.50. The molecule has 58 valence electrons. The first-order chi connectivity index (χ1) is 5.29. The molecule has 0 fully saturated rings. The predicted molar refractivity (Wildman–Crippen MR) is 34.1 cm³/mol. The summed E-state index contributed by atoms with van der Waals surface area (Å²) in [4.78, 5) is 21.2. The number of rotatable bonds is 0. The zero-order valence-electron chi connectivity index (χ0n) is 5.75. The van der Waals surface area contributed by atoms with Crippen LogP contribution < -0.4 is 0 Å². The zero-order chi connectivity index (χ0) is 8.10. The molecule has 4 nitrogen and oxygen atoms in total. The lowest BCUT2D eigenvalue weighted by Crippen LogP contribution is -2.06. The number of esters is 2. The third kappa shape index (κ3) is 2.72. The summed E-state index contributed by atoms with van der Waals surface area (Å²) in [7, 11) is 0. The highest BCUT2D eigenvalue weighted by Gasteiger charge is 2.09. The van der Waals surface area contributed by atoms with E-state index in [1.54, 1.807) is 0 Å². The molecular weight excluding hydrogens is 148 g/mol. The van der Waals surface area contributed by atoms with E-state index in [0.717, 1.165) is 0 Å². The SMILES string of the molecule is O=C1CCC(=O)OCC#CO1. The topological polar surface area (TPSA) is 52.6 Å². The number of hydrogen-bond acceptors (Lipinski definition) is 4. The van der Waals surface area contributed by atoms with E-state index in [2.05, 4.69) is 21.5 Å². The molecule has 0 aromatic carbocycles. The quantitative estimate of drug-likeness (QED) is 0.359. The van der Waals surface area contributed by atoms with Gasteiger partial charge in [-0.1, -0.05) is 0 Å². The molecule has 0 spiro atoms. The Morgan fingerprint density at radius 1 is 1.18 bits per heavy atom. The lowest BCUT2D eigenvalue weighted by Gasteiger charge is -1.95. The van der Waals surface area contributed by atoms with E-state index < -0.39 is 11.9 Å². The summed E-state index contributed by atoms with van der Waals surface area (Å²) in [5.74, 6) is 1.44. The van der Waals surface area contributed by atoms with Gasteiger partial charge in [-0.2, -0.15) is 0 Å². The molecule has 1 aliphatic rings. The van der Waals surface area contributed by atoms with Crippen LogP contribution in [0.25, 0.3) is 0 Å². The summed E-state index contributed by atoms with van der Waals surface area (Å²) in [6.07, 6.45) is 2.21. The molecule has 11 heavy (non-hydrogen) atoms. The van der Waals surface area contributed by atoms with Crippen LogP contribution in [0.2, 0.25) is 0 Å². The van der Waals surface area contributed by atoms with Gasteiger partial charge in [-0.05, 0) is 5.92 Å². The Morgan fingerprint density at radius 3 is 2.73 bits per heavy atom. The van der Waals surface area contributed by atoms with E-state index in [4.69, 9.17) is 0 Å². The van der Waals surface area contributed by atoms with Gasteiger partial charge >= 0.3 is 11.9 Å². The van der Waals surface area contributed by atoms with Crippen molar-refractivity contribution in [3.05, 3.63) is 0 Å². The third-order valence-electron chi connectivity index (χ3n) is 1.08. The van der Waals surface area contributed by atoms with Crippen molar-refractivity contribution < 1.29 is 19.1 Å². The van der Waals surface area contributed by atoms with E-state index in [0.29, 0.717) is 0 Å². The van der Waals surface area contributed by atoms with Crippen LogP contribution in [0.3, 0.4) is 0 Å². The van der Waals surface area contributed by atoms with E-state index in [1.165, 1.54) is 0 Å². The molecule has 1 rings (SSSR count). The van der Waals surface area contributed by atoms with Gasteiger partial charge in [0.1, 0.15) is 6.11 Å². The second kappa shape index (κ2) is 3.62. The van der Waals surface area contributed by atoms with Crippen molar-refractivity contribution >= 4 is 11.9 Å². The molecule has 0 unspecified atom stereocenters. The van der Waals surface area contributed by atoms with Gasteiger partial charge in [0.25, 0.3) is 0 Å². The van der Waals surface area contributed by atoms with Crippen LogP contribution in [0.15, 0.2) is 0 Å². The van der Waals surface area contributed by atoms with Gasteiger partial charge in [0, 0.05) is 0 Å². The van der Waals surface area contributed by atoms with Crippen molar-refractivity contribution in [2.24, 2.45) is 0 Å². The van der Waals surface area contributed by atoms with E-state index >= 15 is 0 Å². The number of carbonyl (C=O) groups excluding carboxylic acids is 2. The maximum Gasteiger partial charge on any atom is 0.320 e. The number of cyclic esters (lactones) is 2. The van der Waals surface area contributed by atoms with Crippen LogP contribution in [-0.4, -0.2) is 18.5 Å². The summed E-state index contributed by atoms with van der Waals surface area (Å²) >= 11 is 0. The fraction of sp³-hybridized carbons (Fsp3) is 0.429. The molecule has 0 amide bonds. The first-order valence-electron chi connectivity index (χ1n) is 3.12. The molecule has 0 N–H and O–H groups in total. The molecule has 0 radical (unpaired) electrons. The van der Waals surface area contributed by atoms with Gasteiger partial charge < -0.3 is 9.47 Å². The molecular formula is C7H6O4. The van der Waals surface area contributed by atoms with Gasteiger partial charge in [-0.25, -0.2) is 0 Å². The van der Waals surface area contributed by atoms with Gasteiger partial charge in [0.15, 0.2) is 6.61 Å². The monoisotopic (exact) mass is 154 g/mol. The zero-order valence-corrected chi connectivity index (χ0v) is 5.75. The molecule has 0 aromatic rings. The summed E-state index contributed by atoms with van der Waals surface area (Å²) in [5.41, 5.74) is 0. The molecule has 0 aromatic heterocycles. The molecule has 0 atom stereocenters. The first-order valence-corrected chi connectivity index (χ1v) is 3.12. The van der Waals surface area contributed by atoms with Gasteiger partial charge in [-0.15, -0.1) is 0 Å². The molecule has 4 heteroatoms. The standard InChI is InChI=1S/C7H6O4/c8-6-2-3-7(9)11-5-1-4-10-6/h2-4H2. The van der Waals surface area contributed by atoms with Crippen molar-refractivity contribution in [1.29, 1.82) is 0 Å². The van der Waals surface area contributed by atoms with E-state index in [-0.39, 0.29) is 19.4 Å². The Balaban J connectivity index is 2.52. The van der Waals surface area contributed by atoms with Gasteiger partial charge in [-0.3, -0.25) is 9.59 Å². The molecule has 0 saturated heterocycles. The van der Waals surface area contributed by atoms with Crippen LogP contribution in [0.4, 0.5) is 0 Å². The minimum absolute atomic E-state index is 0.00782. The van der Waals surface area contributed by atoms with Crippen molar-refractivity contribution in [2.75, 3.05) is 6.61 Å². The average Bonchev–Trinajstić information content (AvgIpc) is 2.06. The predicted octanol–water partition coefficient (Wildman–Crippen LogP) is -0.172. The summed E-state index contributed by atoms with van der Waals surface area (Å²) in [6, 6.07) is 0. The lowest BCUT2D eigenvalue weighted by atomic mass is 10.3. The minimum Gasteiger partial charge on any atom is -0.452 e. The average molecular weight is 154 g/mol. The summed E-state index contributed by atoms with van der Waals surface area (Å²) < 4.78 is 8.95. The highest BCUT2D eigenvalue weighted by Crippen LogP contribution is 1.96. The van der Waals surface area contributed by atoms with Crippen LogP contribution >= 0.6 is 0 Å². The maximum atomic E-state index is 10.6. The smallest absolute Gasteiger partial charge is 0.320 e. The van der Waals surface area contributed by atoms with Crippen molar-refractivity contribution in [2.45, 2.75) is 12.8 Å². The number of hydrogen-bond donors (Lipinski definition) is 0. The molecule has 0 aliphatic carbocycles. The Kier molecular flexibility index (Phi) is 2.50. The maximum absolute atomic E-state index is 10.6. The summed E-state index contributed by atoms with van der Waals surface area (Å²) in [6.45, 7) is -0.00782. The van der Waals surface area contributed by atoms with Crippen molar-refractivity contribution in [1.82, 2.24) is 0 Å². The first kappa shape index (κ1) is 7.61. The van der Waals surface area contributed by atoms with Crippen LogP contribution in [0, 0.1) is 12.0 Å². The lowest BCUT2D eigenvalue weighted by molar-refractivity contribution is -0.146. The fourth-order valence-corrected chi connectivity index (χ4v) is 0.566. The Bertz CT molecular complexity index is 233. The number of carbonyl (C=O) groups is 2. The van der Waals surface area contributed by atoms with Gasteiger partial charge in [0.2, 0.25) is 0 Å². The normalized spacial score (nSPS) is 17.8. The molecule has 0 saturated carbocycles. The van der Waals surface area contributed by atoms with Crippen LogP contribution in [0.5, 0.6) is 0 Å². The highest BCUT2D eigenvalue weighted by molar-refractivity contribution is 5.78. The Labute approximate surface area is 63.5 Å². The van der Waals surface area contributed by atoms with Crippen molar-refractivity contribution in [3.8, 4) is 12.0 Å². The molecule has 0 bridgehead atoms. The molecule has 1 heterocycles. The second-order valence-electron chi connectivity index (χ2n) is 1.91. The fourth-order valence-electron chi connectivity index (χ4n) is 0.566. The van der Waals surface area contributed by atoms with Gasteiger partial charge in [0.05, 0.1) is 12.8 Å². The third-order valence-corrected chi connectivity index (χ3v) is 1.08. The van der Waals surface area contributed by atoms with Crippen LogP contribution in [0.1, 0.15) is 12.8 Å². The van der Waals surface area contributed by atoms with Crippen molar-refractivity contribution in [3.63, 3.8) is 0 Å². The van der Waals surface area contributed by atoms with Crippen LogP contribution in [-0.2, 0) is 19.1 Å². The van der Waals surface area contributed by atoms with E-state index in [9.17, 15) is 9.59 Å². The Morgan fingerprint density at radius 2 is 1.91 bits per heavy atom.